The Morgan fingerprint density at radius 2 is 1.48 bits per heavy atom. The van der Waals surface area contributed by atoms with E-state index in [-0.39, 0.29) is 30.3 Å². The summed E-state index contributed by atoms with van der Waals surface area (Å²) in [6.07, 6.45) is -6.25. The van der Waals surface area contributed by atoms with Crippen LogP contribution in [0.4, 0.5) is 18.9 Å². The Morgan fingerprint density at radius 1 is 0.840 bits per heavy atom. The van der Waals surface area contributed by atoms with Crippen molar-refractivity contribution < 1.29 is 37.1 Å². The van der Waals surface area contributed by atoms with E-state index in [0.717, 1.165) is 16.0 Å². The molecule has 4 N–H and O–H groups in total. The highest BCUT2D eigenvalue weighted by Crippen LogP contribution is 2.34. The van der Waals surface area contributed by atoms with Gasteiger partial charge >= 0.3 is 18.1 Å². The van der Waals surface area contributed by atoms with Gasteiger partial charge in [-0.2, -0.15) is 13.2 Å². The van der Waals surface area contributed by atoms with Crippen LogP contribution in [-0.2, 0) is 32.2 Å². The van der Waals surface area contributed by atoms with Crippen molar-refractivity contribution in [3.8, 4) is 11.8 Å². The average Bonchev–Trinajstić information content (AvgIpc) is 3.19. The van der Waals surface area contributed by atoms with Crippen LogP contribution in [-0.4, -0.2) is 47.3 Å². The van der Waals surface area contributed by atoms with Crippen LogP contribution in [0.15, 0.2) is 108 Å². The number of amides is 2. The lowest BCUT2D eigenvalue weighted by Crippen LogP contribution is -2.42. The number of guanidine groups is 1. The molecule has 50 heavy (non-hydrogen) atoms. The van der Waals surface area contributed by atoms with Crippen LogP contribution < -0.4 is 16.4 Å². The zero-order valence-corrected chi connectivity index (χ0v) is 26.4. The summed E-state index contributed by atoms with van der Waals surface area (Å²) in [5.41, 5.74) is 14.2. The van der Waals surface area contributed by atoms with Gasteiger partial charge in [0.25, 0.3) is 5.91 Å². The summed E-state index contributed by atoms with van der Waals surface area (Å²) in [5, 5.41) is 0. The van der Waals surface area contributed by atoms with E-state index in [1.54, 1.807) is 66.7 Å². The van der Waals surface area contributed by atoms with Gasteiger partial charge in [-0.15, -0.1) is 0 Å². The molecule has 1 aliphatic heterocycles. The van der Waals surface area contributed by atoms with Crippen LogP contribution in [0.2, 0.25) is 0 Å². The number of rotatable bonds is 8. The van der Waals surface area contributed by atoms with Gasteiger partial charge in [-0.25, -0.2) is 9.79 Å². The average molecular weight is 682 g/mol. The molecular weight excluding hydrogens is 651 g/mol. The molecule has 1 aliphatic rings. The molecule has 0 saturated heterocycles. The zero-order valence-electron chi connectivity index (χ0n) is 26.4. The van der Waals surface area contributed by atoms with Crippen molar-refractivity contribution in [1.29, 1.82) is 0 Å². The smallest absolute Gasteiger partial charge is 0.386 e. The number of esters is 2. The molecule has 1 heterocycles. The predicted octanol–water partition coefficient (Wildman–Crippen LogP) is 4.61. The first-order valence-corrected chi connectivity index (χ1v) is 15.2. The molecule has 5 rings (SSSR count). The number of carbonyl (C=O) groups is 4. The molecule has 1 atom stereocenters. The first kappa shape index (κ1) is 34.9. The van der Waals surface area contributed by atoms with Crippen molar-refractivity contribution in [3.05, 3.63) is 137 Å². The normalized spacial score (nSPS) is 13.3. The van der Waals surface area contributed by atoms with E-state index in [4.69, 9.17) is 11.5 Å². The highest BCUT2D eigenvalue weighted by molar-refractivity contribution is 6.10. The summed E-state index contributed by atoms with van der Waals surface area (Å²) in [7, 11) is 0. The third kappa shape index (κ3) is 8.73. The molecule has 0 spiro atoms. The van der Waals surface area contributed by atoms with Crippen LogP contribution in [0.3, 0.4) is 0 Å². The van der Waals surface area contributed by atoms with Gasteiger partial charge in [-0.05, 0) is 47.0 Å². The van der Waals surface area contributed by atoms with E-state index >= 15 is 0 Å². The molecule has 13 heteroatoms. The molecule has 4 aromatic rings. The SMILES string of the molecule is NC(N)=NCc1cccc(C#Cc2ccc3c(c2)C(=O)N(C(CC(=O)OC(=O)C(F)(F)F)c2ccccc2)CC(=O)N3Cc2ccccc2)c1. The van der Waals surface area contributed by atoms with Gasteiger partial charge in [-0.1, -0.05) is 84.6 Å². The molecule has 0 fully saturated rings. The van der Waals surface area contributed by atoms with Crippen molar-refractivity contribution in [2.75, 3.05) is 11.4 Å². The Kier molecular flexibility index (Phi) is 10.6. The van der Waals surface area contributed by atoms with Gasteiger partial charge in [0.05, 0.1) is 36.8 Å². The van der Waals surface area contributed by atoms with Crippen LogP contribution in [0, 0.1) is 11.8 Å². The summed E-state index contributed by atoms with van der Waals surface area (Å²) in [5.74, 6) is 0.634. The quantitative estimate of drug-likeness (QED) is 0.0908. The monoisotopic (exact) mass is 681 g/mol. The largest absolute Gasteiger partial charge is 0.491 e. The molecule has 2 amide bonds. The Labute approximate surface area is 285 Å². The third-order valence-electron chi connectivity index (χ3n) is 7.65. The van der Waals surface area contributed by atoms with Gasteiger partial charge in [0.2, 0.25) is 5.91 Å². The molecular formula is C37H30F3N5O5. The zero-order chi connectivity index (χ0) is 35.8. The lowest BCUT2D eigenvalue weighted by Gasteiger charge is -2.30. The Morgan fingerprint density at radius 3 is 2.14 bits per heavy atom. The molecule has 0 radical (unpaired) electrons. The maximum atomic E-state index is 14.4. The lowest BCUT2D eigenvalue weighted by molar-refractivity contribution is -0.202. The number of benzene rings is 4. The second-order valence-electron chi connectivity index (χ2n) is 11.2. The second kappa shape index (κ2) is 15.2. The number of hydrogen-bond acceptors (Lipinski definition) is 6. The van der Waals surface area contributed by atoms with Crippen molar-refractivity contribution in [1.82, 2.24) is 4.90 Å². The minimum absolute atomic E-state index is 0.0499. The van der Waals surface area contributed by atoms with E-state index in [0.29, 0.717) is 16.7 Å². The number of halogens is 3. The summed E-state index contributed by atoms with van der Waals surface area (Å²) < 4.78 is 42.8. The van der Waals surface area contributed by atoms with E-state index in [1.165, 1.54) is 11.0 Å². The number of alkyl halides is 3. The summed E-state index contributed by atoms with van der Waals surface area (Å²) in [6.45, 7) is -0.184. The van der Waals surface area contributed by atoms with E-state index in [1.807, 2.05) is 30.3 Å². The number of aliphatic imine (C=N–C) groups is 1. The fraction of sp³-hybridized carbons (Fsp3) is 0.162. The van der Waals surface area contributed by atoms with Crippen molar-refractivity contribution >= 4 is 35.4 Å². The minimum Gasteiger partial charge on any atom is -0.386 e. The number of nitrogens with zero attached hydrogens (tertiary/aromatic N) is 3. The molecule has 10 nitrogen and oxygen atoms in total. The van der Waals surface area contributed by atoms with Crippen molar-refractivity contribution in [3.63, 3.8) is 0 Å². The first-order valence-electron chi connectivity index (χ1n) is 15.2. The van der Waals surface area contributed by atoms with Gasteiger partial charge in [-0.3, -0.25) is 14.4 Å². The van der Waals surface area contributed by atoms with Gasteiger partial charge in [0.15, 0.2) is 5.96 Å². The number of fused-ring (bicyclic) bond motifs is 1. The highest BCUT2D eigenvalue weighted by atomic mass is 19.4. The third-order valence-corrected chi connectivity index (χ3v) is 7.65. The van der Waals surface area contributed by atoms with Crippen LogP contribution >= 0.6 is 0 Å². The summed E-state index contributed by atoms with van der Waals surface area (Å²) in [6, 6.07) is 27.8. The topological polar surface area (TPSA) is 148 Å². The highest BCUT2D eigenvalue weighted by Gasteiger charge is 2.43. The maximum absolute atomic E-state index is 14.4. The van der Waals surface area contributed by atoms with Gasteiger partial charge in [0, 0.05) is 11.1 Å². The van der Waals surface area contributed by atoms with Crippen molar-refractivity contribution in [2.45, 2.75) is 31.7 Å². The van der Waals surface area contributed by atoms with E-state index in [9.17, 15) is 32.3 Å². The minimum atomic E-state index is -5.41. The second-order valence-corrected chi connectivity index (χ2v) is 11.2. The van der Waals surface area contributed by atoms with Crippen LogP contribution in [0.5, 0.6) is 0 Å². The first-order chi connectivity index (χ1) is 23.9. The van der Waals surface area contributed by atoms with E-state index < -0.39 is 48.9 Å². The standard InChI is InChI=1S/C37H30F3N5O5/c38-37(39,40)35(49)50-33(47)20-31(28-12-5-2-6-13-28)45-23-32(46)44(22-26-8-3-1-4-9-26)30-17-16-25(19-29(30)34(45)48)15-14-24-10-7-11-27(18-24)21-43-36(41)42/h1-13,16-19,31H,20-23H2,(H4,41,42,43). The van der Waals surface area contributed by atoms with Crippen molar-refractivity contribution in [2.24, 2.45) is 16.5 Å². The van der Waals surface area contributed by atoms with Crippen LogP contribution in [0.25, 0.3) is 0 Å². The predicted molar refractivity (Wildman–Crippen MR) is 178 cm³/mol. The summed E-state index contributed by atoms with van der Waals surface area (Å²) in [4.78, 5) is 59.1. The lowest BCUT2D eigenvalue weighted by atomic mass is 10.00. The van der Waals surface area contributed by atoms with Crippen LogP contribution in [0.1, 0.15) is 50.6 Å². The molecule has 0 aromatic heterocycles. The fourth-order valence-electron chi connectivity index (χ4n) is 5.32. The molecule has 1 unspecified atom stereocenters. The maximum Gasteiger partial charge on any atom is 0.491 e. The Bertz CT molecular complexity index is 2000. The fourth-order valence-corrected chi connectivity index (χ4v) is 5.32. The number of carbonyl (C=O) groups excluding carboxylic acids is 4. The molecule has 0 saturated carbocycles. The van der Waals surface area contributed by atoms with Gasteiger partial charge in [0.1, 0.15) is 6.54 Å². The Hall–Kier alpha value is -6.42. The molecule has 4 aromatic carbocycles. The molecule has 254 valence electrons. The molecule has 0 aliphatic carbocycles. The number of anilines is 1. The Balaban J connectivity index is 1.56. The molecule has 0 bridgehead atoms. The number of ether oxygens (including phenoxy) is 1. The van der Waals surface area contributed by atoms with Gasteiger partial charge < -0.3 is 26.0 Å². The summed E-state index contributed by atoms with van der Waals surface area (Å²) >= 11 is 0. The number of hydrogen-bond donors (Lipinski definition) is 2. The number of nitrogens with two attached hydrogens (primary N) is 2. The van der Waals surface area contributed by atoms with E-state index in [2.05, 4.69) is 21.6 Å².